The van der Waals surface area contributed by atoms with Crippen molar-refractivity contribution in [2.24, 2.45) is 5.92 Å². The van der Waals surface area contributed by atoms with Gasteiger partial charge in [-0.2, -0.15) is 0 Å². The summed E-state index contributed by atoms with van der Waals surface area (Å²) in [5, 5.41) is 3.09. The van der Waals surface area contributed by atoms with Crippen molar-refractivity contribution in [1.82, 2.24) is 10.2 Å². The van der Waals surface area contributed by atoms with Crippen LogP contribution < -0.4 is 10.1 Å². The molecule has 26 heavy (non-hydrogen) atoms. The molecule has 1 N–H and O–H groups in total. The first-order chi connectivity index (χ1) is 12.7. The molecule has 2 atom stereocenters. The van der Waals surface area contributed by atoms with E-state index in [1.54, 1.807) is 7.11 Å². The molecule has 2 heterocycles. The molecular formula is C21H30N2O3. The Hall–Kier alpha value is -1.59. The summed E-state index contributed by atoms with van der Waals surface area (Å²) in [6, 6.07) is 8.33. The predicted molar refractivity (Wildman–Crippen MR) is 100 cm³/mol. The van der Waals surface area contributed by atoms with Crippen LogP contribution in [0.5, 0.6) is 5.75 Å². The van der Waals surface area contributed by atoms with E-state index in [1.807, 2.05) is 12.1 Å². The first-order valence-electron chi connectivity index (χ1n) is 9.97. The van der Waals surface area contributed by atoms with Gasteiger partial charge in [0.15, 0.2) is 0 Å². The van der Waals surface area contributed by atoms with E-state index >= 15 is 0 Å². The third-order valence-electron chi connectivity index (χ3n) is 5.99. The molecule has 0 bridgehead atoms. The summed E-state index contributed by atoms with van der Waals surface area (Å²) in [5.74, 6) is 1.40. The molecule has 1 aromatic carbocycles. The average molecular weight is 358 g/mol. The van der Waals surface area contributed by atoms with Gasteiger partial charge in [0.1, 0.15) is 5.75 Å². The van der Waals surface area contributed by atoms with Gasteiger partial charge in [0.2, 0.25) is 5.91 Å². The van der Waals surface area contributed by atoms with Gasteiger partial charge in [-0.25, -0.2) is 0 Å². The number of nitrogens with one attached hydrogen (secondary N) is 1. The van der Waals surface area contributed by atoms with Crippen molar-refractivity contribution in [3.63, 3.8) is 0 Å². The number of ether oxygens (including phenoxy) is 2. The third kappa shape index (κ3) is 4.21. The van der Waals surface area contributed by atoms with Gasteiger partial charge in [-0.1, -0.05) is 12.1 Å². The van der Waals surface area contributed by atoms with Crippen LogP contribution in [0.25, 0.3) is 0 Å². The van der Waals surface area contributed by atoms with Crippen LogP contribution in [0.4, 0.5) is 0 Å². The van der Waals surface area contributed by atoms with Crippen LogP contribution in [0.3, 0.4) is 0 Å². The first-order valence-corrected chi connectivity index (χ1v) is 9.97. The van der Waals surface area contributed by atoms with E-state index in [0.717, 1.165) is 57.5 Å². The van der Waals surface area contributed by atoms with Gasteiger partial charge in [-0.3, -0.25) is 9.69 Å². The molecule has 0 radical (unpaired) electrons. The van der Waals surface area contributed by atoms with Crippen molar-refractivity contribution in [2.75, 3.05) is 26.7 Å². The fourth-order valence-corrected chi connectivity index (χ4v) is 4.32. The van der Waals surface area contributed by atoms with E-state index in [2.05, 4.69) is 22.3 Å². The maximum absolute atomic E-state index is 11.9. The van der Waals surface area contributed by atoms with E-state index in [4.69, 9.17) is 9.47 Å². The molecule has 0 aromatic heterocycles. The Morgan fingerprint density at radius 2 is 2.08 bits per heavy atom. The Morgan fingerprint density at radius 1 is 1.27 bits per heavy atom. The lowest BCUT2D eigenvalue weighted by Crippen LogP contribution is -2.47. The second kappa shape index (κ2) is 7.57. The first kappa shape index (κ1) is 17.8. The Kier molecular flexibility index (Phi) is 5.18. The Morgan fingerprint density at radius 3 is 2.81 bits per heavy atom. The lowest BCUT2D eigenvalue weighted by Gasteiger charge is -2.39. The normalized spacial score (nSPS) is 29.0. The molecule has 1 aliphatic carbocycles. The number of hydrogen-bond donors (Lipinski definition) is 1. The topological polar surface area (TPSA) is 50.8 Å². The van der Waals surface area contributed by atoms with Crippen molar-refractivity contribution in [1.29, 1.82) is 0 Å². The third-order valence-corrected chi connectivity index (χ3v) is 5.99. The highest BCUT2D eigenvalue weighted by atomic mass is 16.5. The molecule has 3 aliphatic rings. The summed E-state index contributed by atoms with van der Waals surface area (Å²) < 4.78 is 11.7. The summed E-state index contributed by atoms with van der Waals surface area (Å²) in [7, 11) is 1.70. The Labute approximate surface area is 156 Å². The number of methoxy groups -OCH3 is 1. The van der Waals surface area contributed by atoms with Crippen LogP contribution in [0.15, 0.2) is 24.3 Å². The van der Waals surface area contributed by atoms with Crippen molar-refractivity contribution in [2.45, 2.75) is 56.8 Å². The van der Waals surface area contributed by atoms with Gasteiger partial charge in [-0.15, -0.1) is 0 Å². The van der Waals surface area contributed by atoms with E-state index in [1.165, 1.54) is 12.0 Å². The maximum Gasteiger partial charge on any atom is 0.223 e. The summed E-state index contributed by atoms with van der Waals surface area (Å²) >= 11 is 0. The molecule has 4 rings (SSSR count). The second-order valence-electron chi connectivity index (χ2n) is 8.14. The van der Waals surface area contributed by atoms with Crippen molar-refractivity contribution in [3.05, 3.63) is 29.8 Å². The van der Waals surface area contributed by atoms with Gasteiger partial charge in [0.05, 0.1) is 18.8 Å². The summed E-state index contributed by atoms with van der Waals surface area (Å²) in [4.78, 5) is 14.4. The van der Waals surface area contributed by atoms with E-state index < -0.39 is 0 Å². The molecule has 142 valence electrons. The number of rotatable bonds is 6. The fourth-order valence-electron chi connectivity index (χ4n) is 4.32. The molecule has 3 fully saturated rings. The van der Waals surface area contributed by atoms with Crippen molar-refractivity contribution < 1.29 is 14.3 Å². The van der Waals surface area contributed by atoms with Crippen LogP contribution in [-0.2, 0) is 16.1 Å². The summed E-state index contributed by atoms with van der Waals surface area (Å²) in [6.07, 6.45) is 6.77. The van der Waals surface area contributed by atoms with E-state index in [-0.39, 0.29) is 23.5 Å². The van der Waals surface area contributed by atoms with Crippen LogP contribution in [0.2, 0.25) is 0 Å². The van der Waals surface area contributed by atoms with Crippen LogP contribution in [-0.4, -0.2) is 49.3 Å². The lowest BCUT2D eigenvalue weighted by molar-refractivity contribution is -0.131. The monoisotopic (exact) mass is 358 g/mol. The van der Waals surface area contributed by atoms with Gasteiger partial charge >= 0.3 is 0 Å². The molecule has 0 unspecified atom stereocenters. The highest BCUT2D eigenvalue weighted by Gasteiger charge is 2.43. The van der Waals surface area contributed by atoms with Gasteiger partial charge in [0, 0.05) is 32.1 Å². The van der Waals surface area contributed by atoms with Crippen LogP contribution in [0, 0.1) is 5.92 Å². The molecule has 5 heteroatoms. The minimum atomic E-state index is -0.0142. The maximum atomic E-state index is 11.9. The van der Waals surface area contributed by atoms with Crippen molar-refractivity contribution in [3.8, 4) is 5.75 Å². The molecule has 2 aliphatic heterocycles. The molecule has 1 aromatic rings. The number of amides is 1. The number of carbonyl (C=O) groups excluding carboxylic acids is 1. The van der Waals surface area contributed by atoms with Crippen molar-refractivity contribution >= 4 is 5.91 Å². The van der Waals surface area contributed by atoms with E-state index in [0.29, 0.717) is 6.54 Å². The SMILES string of the molecule is COc1ccc(CN2CC[C@@]3(CCC[C@@H](CNC(=O)C4CC4)O3)C2)cc1. The predicted octanol–water partition coefficient (Wildman–Crippen LogP) is 2.74. The molecule has 2 saturated heterocycles. The fraction of sp³-hybridized carbons (Fsp3) is 0.667. The van der Waals surface area contributed by atoms with Gasteiger partial charge < -0.3 is 14.8 Å². The largest absolute Gasteiger partial charge is 0.497 e. The smallest absolute Gasteiger partial charge is 0.223 e. The zero-order valence-electron chi connectivity index (χ0n) is 15.7. The number of carbonyl (C=O) groups is 1. The highest BCUT2D eigenvalue weighted by molar-refractivity contribution is 5.80. The molecule has 1 spiro atoms. The number of likely N-dealkylation sites (tertiary alicyclic amines) is 1. The Bertz CT molecular complexity index is 629. The van der Waals surface area contributed by atoms with E-state index in [9.17, 15) is 4.79 Å². The summed E-state index contributed by atoms with van der Waals surface area (Å²) in [6.45, 7) is 3.70. The standard InChI is InChI=1S/C21H30N2O3/c1-25-18-8-4-16(5-9-18)14-23-12-11-21(15-23)10-2-3-19(26-21)13-22-20(24)17-6-7-17/h4-5,8-9,17,19H,2-3,6-7,10-15H2,1H3,(H,22,24)/t19-,21-/m0/s1. The number of hydrogen-bond acceptors (Lipinski definition) is 4. The zero-order valence-corrected chi connectivity index (χ0v) is 15.7. The minimum absolute atomic E-state index is 0.0142. The minimum Gasteiger partial charge on any atom is -0.497 e. The number of benzene rings is 1. The number of nitrogens with zero attached hydrogens (tertiary/aromatic N) is 1. The van der Waals surface area contributed by atoms with Crippen LogP contribution in [0.1, 0.15) is 44.1 Å². The Balaban J connectivity index is 1.28. The molecule has 5 nitrogen and oxygen atoms in total. The van der Waals surface area contributed by atoms with Crippen LogP contribution >= 0.6 is 0 Å². The molecule has 1 saturated carbocycles. The average Bonchev–Trinajstić information content (AvgIpc) is 3.45. The highest BCUT2D eigenvalue weighted by Crippen LogP contribution is 2.37. The second-order valence-corrected chi connectivity index (χ2v) is 8.14. The quantitative estimate of drug-likeness (QED) is 0.850. The summed E-state index contributed by atoms with van der Waals surface area (Å²) in [5.41, 5.74) is 1.30. The van der Waals surface area contributed by atoms with Gasteiger partial charge in [-0.05, 0) is 56.2 Å². The zero-order chi connectivity index (χ0) is 18.0. The molecular weight excluding hydrogens is 328 g/mol. The molecule has 1 amide bonds. The lowest BCUT2D eigenvalue weighted by atomic mass is 9.90. The van der Waals surface area contributed by atoms with Gasteiger partial charge in [0.25, 0.3) is 0 Å².